The molecule has 1 aromatic rings. The zero-order valence-electron chi connectivity index (χ0n) is 13.6. The molecule has 0 radical (unpaired) electrons. The van der Waals surface area contributed by atoms with E-state index in [2.05, 4.69) is 58.1 Å². The van der Waals surface area contributed by atoms with Crippen molar-refractivity contribution >= 4 is 0 Å². The largest absolute Gasteiger partial charge is 0.491 e. The average molecular weight is 275 g/mol. The molecule has 0 aliphatic heterocycles. The van der Waals surface area contributed by atoms with Gasteiger partial charge in [0.2, 0.25) is 0 Å². The first-order chi connectivity index (χ1) is 9.41. The smallest absolute Gasteiger partial charge is 0.120 e. The summed E-state index contributed by atoms with van der Waals surface area (Å²) in [6.07, 6.45) is 3.85. The van der Waals surface area contributed by atoms with E-state index >= 15 is 0 Å². The summed E-state index contributed by atoms with van der Waals surface area (Å²) in [5.74, 6) is 1.00. The highest BCUT2D eigenvalue weighted by Gasteiger charge is 2.29. The number of nitrogens with one attached hydrogen (secondary N) is 1. The van der Waals surface area contributed by atoms with Gasteiger partial charge in [0.1, 0.15) is 5.75 Å². The van der Waals surface area contributed by atoms with E-state index in [1.807, 2.05) is 0 Å². The summed E-state index contributed by atoms with van der Waals surface area (Å²) in [6.45, 7) is 12.1. The fourth-order valence-electron chi connectivity index (χ4n) is 3.14. The molecule has 1 aliphatic carbocycles. The highest BCUT2D eigenvalue weighted by molar-refractivity contribution is 5.39. The number of benzene rings is 1. The van der Waals surface area contributed by atoms with Gasteiger partial charge in [0.05, 0.1) is 6.10 Å². The Kier molecular flexibility index (Phi) is 4.74. The maximum Gasteiger partial charge on any atom is 0.120 e. The summed E-state index contributed by atoms with van der Waals surface area (Å²) in [5.41, 5.74) is 3.32. The van der Waals surface area contributed by atoms with E-state index in [0.29, 0.717) is 11.5 Å². The van der Waals surface area contributed by atoms with E-state index in [1.165, 1.54) is 30.4 Å². The Labute approximate surface area is 123 Å². The Bertz CT molecular complexity index is 451. The Hall–Kier alpha value is -1.02. The number of rotatable bonds is 4. The van der Waals surface area contributed by atoms with E-state index in [0.717, 1.165) is 12.3 Å². The van der Waals surface area contributed by atoms with Crippen LogP contribution in [0.2, 0.25) is 0 Å². The third kappa shape index (κ3) is 3.76. The maximum absolute atomic E-state index is 5.87. The van der Waals surface area contributed by atoms with Crippen molar-refractivity contribution < 1.29 is 4.74 Å². The third-order valence-corrected chi connectivity index (χ3v) is 4.14. The fraction of sp³-hybridized carbons (Fsp3) is 0.667. The lowest BCUT2D eigenvalue weighted by molar-refractivity contribution is 0.241. The zero-order valence-corrected chi connectivity index (χ0v) is 13.6. The minimum atomic E-state index is 0.229. The molecule has 20 heavy (non-hydrogen) atoms. The minimum Gasteiger partial charge on any atom is -0.491 e. The first kappa shape index (κ1) is 15.4. The standard InChI is InChI=1S/C18H29NO/c1-6-19-17-12-18(4,5)10-9-14-7-8-15(11-16(14)17)20-13(2)3/h7-8,11,13,17,19H,6,9-10,12H2,1-5H3. The first-order valence-corrected chi connectivity index (χ1v) is 7.94. The summed E-state index contributed by atoms with van der Waals surface area (Å²) in [7, 11) is 0. The van der Waals surface area contributed by atoms with Crippen LogP contribution in [0.25, 0.3) is 0 Å². The second-order valence-electron chi connectivity index (χ2n) is 7.01. The van der Waals surface area contributed by atoms with Gasteiger partial charge in [0, 0.05) is 6.04 Å². The molecular formula is C18H29NO. The van der Waals surface area contributed by atoms with Crippen LogP contribution < -0.4 is 10.1 Å². The number of aryl methyl sites for hydroxylation is 1. The van der Waals surface area contributed by atoms with E-state index in [4.69, 9.17) is 4.74 Å². The van der Waals surface area contributed by atoms with Crippen LogP contribution in [-0.2, 0) is 6.42 Å². The van der Waals surface area contributed by atoms with Crippen LogP contribution in [0.1, 0.15) is 64.6 Å². The Morgan fingerprint density at radius 1 is 1.35 bits per heavy atom. The molecule has 0 aromatic heterocycles. The normalized spacial score (nSPS) is 21.4. The van der Waals surface area contributed by atoms with E-state index in [9.17, 15) is 0 Å². The molecule has 0 bridgehead atoms. The molecule has 2 rings (SSSR count). The van der Waals surface area contributed by atoms with Crippen LogP contribution in [0.5, 0.6) is 5.75 Å². The van der Waals surface area contributed by atoms with E-state index < -0.39 is 0 Å². The molecule has 1 unspecified atom stereocenters. The average Bonchev–Trinajstić information content (AvgIpc) is 2.47. The third-order valence-electron chi connectivity index (χ3n) is 4.14. The number of fused-ring (bicyclic) bond motifs is 1. The van der Waals surface area contributed by atoms with E-state index in [-0.39, 0.29) is 6.10 Å². The highest BCUT2D eigenvalue weighted by Crippen LogP contribution is 2.40. The van der Waals surface area contributed by atoms with Gasteiger partial charge in [-0.15, -0.1) is 0 Å². The number of hydrogen-bond donors (Lipinski definition) is 1. The molecule has 2 heteroatoms. The van der Waals surface area contributed by atoms with Crippen molar-refractivity contribution in [2.45, 2.75) is 66.0 Å². The second-order valence-corrected chi connectivity index (χ2v) is 7.01. The van der Waals surface area contributed by atoms with Crippen molar-refractivity contribution in [3.05, 3.63) is 29.3 Å². The van der Waals surface area contributed by atoms with Crippen molar-refractivity contribution in [1.29, 1.82) is 0 Å². The number of ether oxygens (including phenoxy) is 1. The summed E-state index contributed by atoms with van der Waals surface area (Å²) in [5, 5.41) is 3.66. The quantitative estimate of drug-likeness (QED) is 0.818. The first-order valence-electron chi connectivity index (χ1n) is 7.94. The molecule has 0 amide bonds. The molecule has 2 nitrogen and oxygen atoms in total. The van der Waals surface area contributed by atoms with Gasteiger partial charge in [-0.25, -0.2) is 0 Å². The van der Waals surface area contributed by atoms with Crippen LogP contribution in [0, 0.1) is 5.41 Å². The second kappa shape index (κ2) is 6.17. The van der Waals surface area contributed by atoms with E-state index in [1.54, 1.807) is 0 Å². The summed E-state index contributed by atoms with van der Waals surface area (Å²) >= 11 is 0. The van der Waals surface area contributed by atoms with Crippen molar-refractivity contribution in [3.8, 4) is 5.75 Å². The van der Waals surface area contributed by atoms with Gasteiger partial charge in [-0.05, 0) is 68.3 Å². The molecule has 1 aliphatic rings. The van der Waals surface area contributed by atoms with Gasteiger partial charge < -0.3 is 10.1 Å². The zero-order chi connectivity index (χ0) is 14.8. The Morgan fingerprint density at radius 3 is 2.75 bits per heavy atom. The molecule has 1 N–H and O–H groups in total. The molecule has 0 spiro atoms. The van der Waals surface area contributed by atoms with Crippen molar-refractivity contribution in [2.75, 3.05) is 6.54 Å². The SMILES string of the molecule is CCNC1CC(C)(C)CCc2ccc(OC(C)C)cc21. The predicted molar refractivity (Wildman–Crippen MR) is 85.3 cm³/mol. The Balaban J connectivity index is 2.33. The fourth-order valence-corrected chi connectivity index (χ4v) is 3.14. The van der Waals surface area contributed by atoms with Gasteiger partial charge in [-0.1, -0.05) is 26.8 Å². The van der Waals surface area contributed by atoms with Gasteiger partial charge in [0.15, 0.2) is 0 Å². The van der Waals surface area contributed by atoms with Crippen LogP contribution in [0.4, 0.5) is 0 Å². The molecule has 0 saturated carbocycles. The summed E-state index contributed by atoms with van der Waals surface area (Å²) in [4.78, 5) is 0. The topological polar surface area (TPSA) is 21.3 Å². The molecule has 1 aromatic carbocycles. The Morgan fingerprint density at radius 2 is 2.10 bits per heavy atom. The molecule has 0 saturated heterocycles. The lowest BCUT2D eigenvalue weighted by Crippen LogP contribution is -2.25. The van der Waals surface area contributed by atoms with Gasteiger partial charge in [-0.2, -0.15) is 0 Å². The lowest BCUT2D eigenvalue weighted by Gasteiger charge is -2.27. The lowest BCUT2D eigenvalue weighted by atomic mass is 9.83. The highest BCUT2D eigenvalue weighted by atomic mass is 16.5. The van der Waals surface area contributed by atoms with Gasteiger partial charge in [0.25, 0.3) is 0 Å². The van der Waals surface area contributed by atoms with Crippen LogP contribution in [-0.4, -0.2) is 12.6 Å². The van der Waals surface area contributed by atoms with Crippen LogP contribution >= 0.6 is 0 Å². The predicted octanol–water partition coefficient (Wildman–Crippen LogP) is 4.49. The van der Waals surface area contributed by atoms with Crippen molar-refractivity contribution in [3.63, 3.8) is 0 Å². The summed E-state index contributed by atoms with van der Waals surface area (Å²) < 4.78 is 5.87. The minimum absolute atomic E-state index is 0.229. The van der Waals surface area contributed by atoms with Crippen LogP contribution in [0.15, 0.2) is 18.2 Å². The van der Waals surface area contributed by atoms with Crippen LogP contribution in [0.3, 0.4) is 0 Å². The number of hydrogen-bond acceptors (Lipinski definition) is 2. The van der Waals surface area contributed by atoms with Gasteiger partial charge in [-0.3, -0.25) is 0 Å². The van der Waals surface area contributed by atoms with Crippen molar-refractivity contribution in [2.24, 2.45) is 5.41 Å². The summed E-state index contributed by atoms with van der Waals surface area (Å²) in [6, 6.07) is 7.09. The van der Waals surface area contributed by atoms with Crippen molar-refractivity contribution in [1.82, 2.24) is 5.32 Å². The monoisotopic (exact) mass is 275 g/mol. The molecule has 1 atom stereocenters. The maximum atomic E-state index is 5.87. The molecule has 0 heterocycles. The molecule has 0 fully saturated rings. The molecule has 112 valence electrons. The van der Waals surface area contributed by atoms with Gasteiger partial charge >= 0.3 is 0 Å². The molecular weight excluding hydrogens is 246 g/mol.